The number of aromatic nitrogens is 2. The normalized spacial score (nSPS) is 11.7. The number of carboxylic acids is 1. The van der Waals surface area contributed by atoms with Gasteiger partial charge in [0.15, 0.2) is 0 Å². The Bertz CT molecular complexity index is 504. The molecule has 0 aliphatic carbocycles. The van der Waals surface area contributed by atoms with E-state index in [1.807, 2.05) is 34.6 Å². The van der Waals surface area contributed by atoms with Gasteiger partial charge in [-0.25, -0.2) is 0 Å². The maximum atomic E-state index is 12.2. The van der Waals surface area contributed by atoms with Crippen LogP contribution in [0.15, 0.2) is 6.20 Å². The van der Waals surface area contributed by atoms with Crippen molar-refractivity contribution in [2.24, 2.45) is 0 Å². The van der Waals surface area contributed by atoms with Crippen LogP contribution in [-0.4, -0.2) is 32.3 Å². The zero-order chi connectivity index (χ0) is 15.5. The number of hydrogen-bond donors (Lipinski definition) is 2. The van der Waals surface area contributed by atoms with E-state index in [4.69, 9.17) is 5.11 Å². The van der Waals surface area contributed by atoms with E-state index in [0.29, 0.717) is 12.0 Å². The standard InChI is InChI=1S/C14H23N3O3/c1-9(2)17-10(3)11(8-15-17)13(20)16-14(4,5)7-6-12(18)19/h8-9H,6-7H2,1-5H3,(H,16,20)(H,18,19). The van der Waals surface area contributed by atoms with Gasteiger partial charge in [-0.1, -0.05) is 0 Å². The van der Waals surface area contributed by atoms with Crippen LogP contribution in [0.5, 0.6) is 0 Å². The molecule has 0 aromatic carbocycles. The molecule has 1 heterocycles. The van der Waals surface area contributed by atoms with Crippen LogP contribution in [-0.2, 0) is 4.79 Å². The van der Waals surface area contributed by atoms with E-state index in [1.54, 1.807) is 10.9 Å². The Kier molecular flexibility index (Phi) is 4.92. The van der Waals surface area contributed by atoms with Gasteiger partial charge >= 0.3 is 5.97 Å². The highest BCUT2D eigenvalue weighted by atomic mass is 16.4. The molecular weight excluding hydrogens is 258 g/mol. The van der Waals surface area contributed by atoms with E-state index in [2.05, 4.69) is 10.4 Å². The lowest BCUT2D eigenvalue weighted by Gasteiger charge is -2.25. The summed E-state index contributed by atoms with van der Waals surface area (Å²) in [6.07, 6.45) is 1.96. The van der Waals surface area contributed by atoms with Crippen LogP contribution in [0, 0.1) is 6.92 Å². The fraction of sp³-hybridized carbons (Fsp3) is 0.643. The summed E-state index contributed by atoms with van der Waals surface area (Å²) in [5, 5.41) is 15.8. The summed E-state index contributed by atoms with van der Waals surface area (Å²) < 4.78 is 1.79. The third kappa shape index (κ3) is 4.08. The number of hydrogen-bond acceptors (Lipinski definition) is 3. The largest absolute Gasteiger partial charge is 0.481 e. The Morgan fingerprint density at radius 1 is 1.45 bits per heavy atom. The summed E-state index contributed by atoms with van der Waals surface area (Å²) >= 11 is 0. The SMILES string of the molecule is Cc1c(C(=O)NC(C)(C)CCC(=O)O)cnn1C(C)C. The molecule has 0 bridgehead atoms. The van der Waals surface area contributed by atoms with Crippen LogP contribution in [0.25, 0.3) is 0 Å². The summed E-state index contributed by atoms with van der Waals surface area (Å²) in [7, 11) is 0. The number of carbonyl (C=O) groups is 2. The summed E-state index contributed by atoms with van der Waals surface area (Å²) in [5.74, 6) is -1.08. The molecule has 0 radical (unpaired) electrons. The van der Waals surface area contributed by atoms with Gasteiger partial charge in [0.05, 0.1) is 11.8 Å². The number of amides is 1. The minimum absolute atomic E-state index is 0.0253. The quantitative estimate of drug-likeness (QED) is 0.836. The van der Waals surface area contributed by atoms with Gasteiger partial charge in [0.25, 0.3) is 5.91 Å². The van der Waals surface area contributed by atoms with Crippen molar-refractivity contribution in [3.63, 3.8) is 0 Å². The number of aliphatic carboxylic acids is 1. The first kappa shape index (κ1) is 16.2. The topological polar surface area (TPSA) is 84.2 Å². The summed E-state index contributed by atoms with van der Waals surface area (Å²) in [6.45, 7) is 9.48. The van der Waals surface area contributed by atoms with Crippen LogP contribution >= 0.6 is 0 Å². The minimum atomic E-state index is -0.865. The Hall–Kier alpha value is -1.85. The van der Waals surface area contributed by atoms with E-state index in [-0.39, 0.29) is 18.4 Å². The van der Waals surface area contributed by atoms with Gasteiger partial charge in [-0.05, 0) is 41.0 Å². The summed E-state index contributed by atoms with van der Waals surface area (Å²) in [4.78, 5) is 22.9. The fourth-order valence-corrected chi connectivity index (χ4v) is 2.02. The molecule has 1 rings (SSSR count). The molecule has 2 N–H and O–H groups in total. The molecule has 0 saturated heterocycles. The number of nitrogens with one attached hydrogen (secondary N) is 1. The smallest absolute Gasteiger partial charge is 0.303 e. The van der Waals surface area contributed by atoms with E-state index < -0.39 is 11.5 Å². The second-order valence-corrected chi connectivity index (χ2v) is 5.91. The van der Waals surface area contributed by atoms with Crippen LogP contribution in [0.2, 0.25) is 0 Å². The monoisotopic (exact) mass is 281 g/mol. The van der Waals surface area contributed by atoms with Crippen molar-refractivity contribution in [2.75, 3.05) is 0 Å². The zero-order valence-electron chi connectivity index (χ0n) is 12.7. The average molecular weight is 281 g/mol. The van der Waals surface area contributed by atoms with Crippen molar-refractivity contribution in [3.8, 4) is 0 Å². The van der Waals surface area contributed by atoms with Crippen LogP contribution in [0.3, 0.4) is 0 Å². The molecular formula is C14H23N3O3. The maximum Gasteiger partial charge on any atom is 0.303 e. The zero-order valence-corrected chi connectivity index (χ0v) is 12.7. The molecule has 1 aromatic rings. The number of carboxylic acid groups (broad SMARTS) is 1. The Morgan fingerprint density at radius 2 is 2.05 bits per heavy atom. The van der Waals surface area contributed by atoms with Gasteiger partial charge in [-0.3, -0.25) is 14.3 Å². The molecule has 0 atom stereocenters. The van der Waals surface area contributed by atoms with Gasteiger partial charge in [-0.2, -0.15) is 5.10 Å². The molecule has 0 aliphatic heterocycles. The maximum absolute atomic E-state index is 12.2. The van der Waals surface area contributed by atoms with Crippen LogP contribution < -0.4 is 5.32 Å². The minimum Gasteiger partial charge on any atom is -0.481 e. The molecule has 0 aliphatic rings. The molecule has 112 valence electrons. The molecule has 0 unspecified atom stereocenters. The Balaban J connectivity index is 2.78. The van der Waals surface area contributed by atoms with E-state index in [9.17, 15) is 9.59 Å². The average Bonchev–Trinajstić information content (AvgIpc) is 2.68. The van der Waals surface area contributed by atoms with E-state index >= 15 is 0 Å². The van der Waals surface area contributed by atoms with Gasteiger partial charge in [0, 0.05) is 23.7 Å². The van der Waals surface area contributed by atoms with E-state index in [1.165, 1.54) is 0 Å². The van der Waals surface area contributed by atoms with Crippen molar-refractivity contribution >= 4 is 11.9 Å². The van der Waals surface area contributed by atoms with Crippen LogP contribution in [0.4, 0.5) is 0 Å². The highest BCUT2D eigenvalue weighted by Crippen LogP contribution is 2.16. The highest BCUT2D eigenvalue weighted by molar-refractivity contribution is 5.95. The first-order valence-electron chi connectivity index (χ1n) is 6.72. The first-order valence-corrected chi connectivity index (χ1v) is 6.72. The predicted molar refractivity (Wildman–Crippen MR) is 75.8 cm³/mol. The summed E-state index contributed by atoms with van der Waals surface area (Å²) in [5.41, 5.74) is 0.774. The molecule has 6 nitrogen and oxygen atoms in total. The molecule has 6 heteroatoms. The number of nitrogens with zero attached hydrogens (tertiary/aromatic N) is 2. The second-order valence-electron chi connectivity index (χ2n) is 5.91. The van der Waals surface area contributed by atoms with Crippen molar-refractivity contribution in [1.82, 2.24) is 15.1 Å². The third-order valence-electron chi connectivity index (χ3n) is 3.19. The van der Waals surface area contributed by atoms with Crippen molar-refractivity contribution in [1.29, 1.82) is 0 Å². The van der Waals surface area contributed by atoms with Gasteiger partial charge in [0.1, 0.15) is 0 Å². The Morgan fingerprint density at radius 3 is 2.50 bits per heavy atom. The molecule has 1 amide bonds. The van der Waals surface area contributed by atoms with Gasteiger partial charge < -0.3 is 10.4 Å². The van der Waals surface area contributed by atoms with E-state index in [0.717, 1.165) is 5.69 Å². The number of carbonyl (C=O) groups excluding carboxylic acids is 1. The van der Waals surface area contributed by atoms with Crippen molar-refractivity contribution in [2.45, 2.75) is 59.0 Å². The lowest BCUT2D eigenvalue weighted by atomic mass is 9.98. The number of rotatable bonds is 6. The van der Waals surface area contributed by atoms with Crippen molar-refractivity contribution in [3.05, 3.63) is 17.5 Å². The lowest BCUT2D eigenvalue weighted by Crippen LogP contribution is -2.43. The third-order valence-corrected chi connectivity index (χ3v) is 3.19. The molecule has 1 aromatic heterocycles. The molecule has 0 saturated carbocycles. The lowest BCUT2D eigenvalue weighted by molar-refractivity contribution is -0.137. The summed E-state index contributed by atoms with van der Waals surface area (Å²) in [6, 6.07) is 0.191. The highest BCUT2D eigenvalue weighted by Gasteiger charge is 2.24. The molecule has 0 spiro atoms. The molecule has 20 heavy (non-hydrogen) atoms. The van der Waals surface area contributed by atoms with Gasteiger partial charge in [-0.15, -0.1) is 0 Å². The second kappa shape index (κ2) is 6.07. The van der Waals surface area contributed by atoms with Crippen molar-refractivity contribution < 1.29 is 14.7 Å². The van der Waals surface area contributed by atoms with Gasteiger partial charge in [0.2, 0.25) is 0 Å². The fourth-order valence-electron chi connectivity index (χ4n) is 2.02. The predicted octanol–water partition coefficient (Wildman–Crippen LogP) is 2.15. The Labute approximate surface area is 119 Å². The first-order chi connectivity index (χ1) is 9.14. The molecule has 0 fully saturated rings. The van der Waals surface area contributed by atoms with Crippen LogP contribution in [0.1, 0.15) is 62.6 Å².